The predicted molar refractivity (Wildman–Crippen MR) is 67.2 cm³/mol. The number of hydrogen-bond donors (Lipinski definition) is 1. The molecule has 1 aromatic heterocycles. The Bertz CT molecular complexity index is 500. The quantitative estimate of drug-likeness (QED) is 0.875. The SMILES string of the molecule is Nc1cc(F)ccc1OCc1cc(Br)cs1. The highest BCUT2D eigenvalue weighted by atomic mass is 79.9. The topological polar surface area (TPSA) is 35.2 Å². The molecule has 0 saturated heterocycles. The van der Waals surface area contributed by atoms with E-state index in [2.05, 4.69) is 15.9 Å². The van der Waals surface area contributed by atoms with Gasteiger partial charge in [-0.15, -0.1) is 11.3 Å². The fraction of sp³-hybridized carbons (Fsp3) is 0.0909. The number of benzene rings is 1. The monoisotopic (exact) mass is 301 g/mol. The van der Waals surface area contributed by atoms with Crippen LogP contribution in [0.5, 0.6) is 5.75 Å². The minimum absolute atomic E-state index is 0.315. The molecule has 2 N–H and O–H groups in total. The normalized spacial score (nSPS) is 10.4. The van der Waals surface area contributed by atoms with E-state index in [0.29, 0.717) is 18.0 Å². The van der Waals surface area contributed by atoms with Crippen molar-refractivity contribution in [2.75, 3.05) is 5.73 Å². The van der Waals surface area contributed by atoms with Crippen molar-refractivity contribution in [3.8, 4) is 5.75 Å². The molecule has 1 heterocycles. The van der Waals surface area contributed by atoms with Crippen LogP contribution in [-0.2, 0) is 6.61 Å². The second-order valence-corrected chi connectivity index (χ2v) is 5.11. The highest BCUT2D eigenvalue weighted by Crippen LogP contribution is 2.25. The number of hydrogen-bond acceptors (Lipinski definition) is 3. The van der Waals surface area contributed by atoms with E-state index in [9.17, 15) is 4.39 Å². The number of halogens is 2. The van der Waals surface area contributed by atoms with Crippen LogP contribution < -0.4 is 10.5 Å². The Morgan fingerprint density at radius 2 is 2.19 bits per heavy atom. The number of anilines is 1. The molecule has 0 unspecified atom stereocenters. The minimum Gasteiger partial charge on any atom is -0.486 e. The van der Waals surface area contributed by atoms with Crippen LogP contribution >= 0.6 is 27.3 Å². The van der Waals surface area contributed by atoms with Crippen molar-refractivity contribution in [1.29, 1.82) is 0 Å². The molecule has 0 saturated carbocycles. The first-order valence-electron chi connectivity index (χ1n) is 4.56. The van der Waals surface area contributed by atoms with Crippen LogP contribution in [0, 0.1) is 5.82 Å². The molecule has 0 amide bonds. The van der Waals surface area contributed by atoms with Crippen LogP contribution in [0.25, 0.3) is 0 Å². The molecule has 0 atom stereocenters. The Kier molecular flexibility index (Phi) is 3.46. The predicted octanol–water partition coefficient (Wildman–Crippen LogP) is 3.81. The first-order chi connectivity index (χ1) is 7.65. The standard InChI is InChI=1S/C11H9BrFNOS/c12-7-3-9(16-6-7)5-15-11-2-1-8(13)4-10(11)14/h1-4,6H,5,14H2. The summed E-state index contributed by atoms with van der Waals surface area (Å²) in [5.74, 6) is 0.148. The van der Waals surface area contributed by atoms with Crippen LogP contribution in [0.3, 0.4) is 0 Å². The average Bonchev–Trinajstić information content (AvgIpc) is 2.63. The second kappa shape index (κ2) is 4.84. The summed E-state index contributed by atoms with van der Waals surface area (Å²) in [6.45, 7) is 0.437. The Hall–Kier alpha value is -1.07. The van der Waals surface area contributed by atoms with Gasteiger partial charge in [-0.1, -0.05) is 0 Å². The van der Waals surface area contributed by atoms with Crippen molar-refractivity contribution in [2.24, 2.45) is 0 Å². The van der Waals surface area contributed by atoms with Gasteiger partial charge < -0.3 is 10.5 Å². The zero-order valence-electron chi connectivity index (χ0n) is 8.24. The molecule has 0 spiro atoms. The van der Waals surface area contributed by atoms with Crippen molar-refractivity contribution in [3.05, 3.63) is 44.8 Å². The van der Waals surface area contributed by atoms with Gasteiger partial charge in [-0.25, -0.2) is 4.39 Å². The van der Waals surface area contributed by atoms with Gasteiger partial charge in [-0.2, -0.15) is 0 Å². The van der Waals surface area contributed by atoms with E-state index in [1.54, 1.807) is 11.3 Å². The average molecular weight is 302 g/mol. The number of nitrogens with two attached hydrogens (primary N) is 1. The van der Waals surface area contributed by atoms with Crippen molar-refractivity contribution < 1.29 is 9.13 Å². The van der Waals surface area contributed by atoms with Crippen LogP contribution in [-0.4, -0.2) is 0 Å². The van der Waals surface area contributed by atoms with E-state index < -0.39 is 0 Å². The molecular weight excluding hydrogens is 293 g/mol. The number of ether oxygens (including phenoxy) is 1. The van der Waals surface area contributed by atoms with Gasteiger partial charge in [-0.05, 0) is 34.1 Å². The maximum atomic E-state index is 12.8. The van der Waals surface area contributed by atoms with Gasteiger partial charge in [0.1, 0.15) is 18.2 Å². The molecule has 1 aromatic carbocycles. The number of nitrogen functional groups attached to an aromatic ring is 1. The van der Waals surface area contributed by atoms with Gasteiger partial charge in [0, 0.05) is 20.8 Å². The molecule has 0 radical (unpaired) electrons. The molecule has 2 nitrogen and oxygen atoms in total. The summed E-state index contributed by atoms with van der Waals surface area (Å²) in [5.41, 5.74) is 5.94. The van der Waals surface area contributed by atoms with Crippen LogP contribution in [0.1, 0.15) is 4.88 Å². The molecule has 0 aliphatic carbocycles. The van der Waals surface area contributed by atoms with E-state index in [1.165, 1.54) is 18.2 Å². The zero-order valence-corrected chi connectivity index (χ0v) is 10.6. The summed E-state index contributed by atoms with van der Waals surface area (Å²) >= 11 is 4.95. The largest absolute Gasteiger partial charge is 0.486 e. The van der Waals surface area contributed by atoms with Crippen LogP contribution in [0.4, 0.5) is 10.1 Å². The zero-order chi connectivity index (χ0) is 11.5. The third-order valence-corrected chi connectivity index (χ3v) is 3.63. The van der Waals surface area contributed by atoms with Gasteiger partial charge in [-0.3, -0.25) is 0 Å². The van der Waals surface area contributed by atoms with Crippen LogP contribution in [0.15, 0.2) is 34.1 Å². The number of thiophene rings is 1. The Morgan fingerprint density at radius 1 is 1.38 bits per heavy atom. The maximum absolute atomic E-state index is 12.8. The molecular formula is C11H9BrFNOS. The lowest BCUT2D eigenvalue weighted by Gasteiger charge is -2.07. The minimum atomic E-state index is -0.358. The summed E-state index contributed by atoms with van der Waals surface area (Å²) < 4.78 is 19.3. The van der Waals surface area contributed by atoms with Gasteiger partial charge in [0.25, 0.3) is 0 Å². The molecule has 0 aliphatic rings. The van der Waals surface area contributed by atoms with E-state index >= 15 is 0 Å². The molecule has 2 rings (SSSR count). The third kappa shape index (κ3) is 2.74. The highest BCUT2D eigenvalue weighted by Gasteiger charge is 2.03. The molecule has 84 valence electrons. The second-order valence-electron chi connectivity index (χ2n) is 3.20. The summed E-state index contributed by atoms with van der Waals surface area (Å²) in [6.07, 6.45) is 0. The summed E-state index contributed by atoms with van der Waals surface area (Å²) in [4.78, 5) is 1.08. The summed E-state index contributed by atoms with van der Waals surface area (Å²) in [6, 6.07) is 6.09. The lowest BCUT2D eigenvalue weighted by Crippen LogP contribution is -1.97. The van der Waals surface area contributed by atoms with Crippen molar-refractivity contribution in [3.63, 3.8) is 0 Å². The molecule has 16 heavy (non-hydrogen) atoms. The van der Waals surface area contributed by atoms with E-state index in [1.807, 2.05) is 11.4 Å². The molecule has 0 aliphatic heterocycles. The lowest BCUT2D eigenvalue weighted by atomic mass is 10.3. The third-order valence-electron chi connectivity index (χ3n) is 1.96. The Labute approximate surface area is 105 Å². The maximum Gasteiger partial charge on any atom is 0.142 e. The molecule has 2 aromatic rings. The molecule has 0 fully saturated rings. The molecule has 5 heteroatoms. The Balaban J connectivity index is 2.04. The summed E-state index contributed by atoms with van der Waals surface area (Å²) in [5, 5.41) is 1.98. The fourth-order valence-corrected chi connectivity index (χ4v) is 2.59. The summed E-state index contributed by atoms with van der Waals surface area (Å²) in [7, 11) is 0. The van der Waals surface area contributed by atoms with Crippen molar-refractivity contribution >= 4 is 33.0 Å². The smallest absolute Gasteiger partial charge is 0.142 e. The first-order valence-corrected chi connectivity index (χ1v) is 6.23. The van der Waals surface area contributed by atoms with Crippen molar-refractivity contribution in [1.82, 2.24) is 0 Å². The van der Waals surface area contributed by atoms with Crippen LogP contribution in [0.2, 0.25) is 0 Å². The van der Waals surface area contributed by atoms with E-state index in [-0.39, 0.29) is 5.82 Å². The highest BCUT2D eigenvalue weighted by molar-refractivity contribution is 9.10. The van der Waals surface area contributed by atoms with Gasteiger partial charge >= 0.3 is 0 Å². The van der Waals surface area contributed by atoms with E-state index in [0.717, 1.165) is 9.35 Å². The van der Waals surface area contributed by atoms with Gasteiger partial charge in [0.15, 0.2) is 0 Å². The van der Waals surface area contributed by atoms with Crippen molar-refractivity contribution in [2.45, 2.75) is 6.61 Å². The van der Waals surface area contributed by atoms with Gasteiger partial charge in [0.05, 0.1) is 5.69 Å². The van der Waals surface area contributed by atoms with E-state index in [4.69, 9.17) is 10.5 Å². The van der Waals surface area contributed by atoms with Gasteiger partial charge in [0.2, 0.25) is 0 Å². The molecule has 0 bridgehead atoms. The first kappa shape index (κ1) is 11.4. The number of rotatable bonds is 3. The lowest BCUT2D eigenvalue weighted by molar-refractivity contribution is 0.311. The Morgan fingerprint density at radius 3 is 2.81 bits per heavy atom. The fourth-order valence-electron chi connectivity index (χ4n) is 1.23.